The second-order valence-corrected chi connectivity index (χ2v) is 7.94. The number of fused-ring (bicyclic) bond motifs is 1. The largest absolute Gasteiger partial charge is 0.382 e. The zero-order chi connectivity index (χ0) is 23.5. The molecular formula is C23H23N8OP. The first-order chi connectivity index (χ1) is 16.0. The minimum atomic E-state index is -0.276. The van der Waals surface area contributed by atoms with Crippen molar-refractivity contribution in [3.8, 4) is 11.8 Å². The van der Waals surface area contributed by atoms with Crippen LogP contribution in [0.3, 0.4) is 0 Å². The molecule has 33 heavy (non-hydrogen) atoms. The van der Waals surface area contributed by atoms with Crippen LogP contribution in [0.4, 0.5) is 5.69 Å². The monoisotopic (exact) mass is 458 g/mol. The molecule has 2 N–H and O–H groups in total. The first-order valence-electron chi connectivity index (χ1n) is 10.3. The third-order valence-electron chi connectivity index (χ3n) is 5.19. The number of anilines is 1. The average molecular weight is 458 g/mol. The van der Waals surface area contributed by atoms with Crippen molar-refractivity contribution in [1.29, 1.82) is 5.41 Å². The van der Waals surface area contributed by atoms with Gasteiger partial charge >= 0.3 is 0 Å². The van der Waals surface area contributed by atoms with Gasteiger partial charge in [-0.25, -0.2) is 19.6 Å². The molecular weight excluding hydrogens is 435 g/mol. The van der Waals surface area contributed by atoms with Gasteiger partial charge in [0.2, 0.25) is 0 Å². The number of nitrogens with zero attached hydrogens (tertiary/aromatic N) is 6. The minimum absolute atomic E-state index is 0.160. The molecule has 10 heteroatoms. The highest BCUT2D eigenvalue weighted by Crippen LogP contribution is 2.22. The Balaban J connectivity index is 1.97. The van der Waals surface area contributed by atoms with Crippen molar-refractivity contribution < 1.29 is 0 Å². The number of allylic oxidation sites excluding steroid dienone is 6. The van der Waals surface area contributed by atoms with E-state index in [4.69, 9.17) is 5.41 Å². The number of hydrogen-bond donors (Lipinski definition) is 2. The highest BCUT2D eigenvalue weighted by atomic mass is 31.0. The molecule has 0 fully saturated rings. The smallest absolute Gasteiger partial charge is 0.281 e. The lowest BCUT2D eigenvalue weighted by Crippen LogP contribution is -2.30. The van der Waals surface area contributed by atoms with E-state index in [9.17, 15) is 4.79 Å². The number of hydrogen-bond acceptors (Lipinski definition) is 7. The lowest BCUT2D eigenvalue weighted by Gasteiger charge is -2.18. The van der Waals surface area contributed by atoms with Crippen LogP contribution < -0.4 is 16.3 Å². The van der Waals surface area contributed by atoms with E-state index in [0.29, 0.717) is 29.0 Å². The zero-order valence-corrected chi connectivity index (χ0v) is 19.7. The summed E-state index contributed by atoms with van der Waals surface area (Å²) in [6.45, 7) is 3.92. The van der Waals surface area contributed by atoms with Crippen molar-refractivity contribution in [2.75, 3.05) is 12.4 Å². The van der Waals surface area contributed by atoms with Crippen molar-refractivity contribution >= 4 is 43.3 Å². The molecule has 3 aromatic heterocycles. The summed E-state index contributed by atoms with van der Waals surface area (Å²) >= 11 is 0. The highest BCUT2D eigenvalue weighted by molar-refractivity contribution is 7.27. The van der Waals surface area contributed by atoms with Gasteiger partial charge in [0, 0.05) is 25.4 Å². The molecule has 1 aliphatic carbocycles. The second kappa shape index (κ2) is 9.31. The van der Waals surface area contributed by atoms with Crippen molar-refractivity contribution in [1.82, 2.24) is 29.3 Å². The normalized spacial score (nSPS) is 13.1. The van der Waals surface area contributed by atoms with E-state index in [-0.39, 0.29) is 23.5 Å². The number of nitrogens with one attached hydrogen (secondary N) is 2. The first kappa shape index (κ1) is 22.3. The topological polar surface area (TPSA) is 114 Å². The van der Waals surface area contributed by atoms with Gasteiger partial charge in [-0.15, -0.1) is 0 Å². The van der Waals surface area contributed by atoms with Gasteiger partial charge in [0.15, 0.2) is 5.65 Å². The standard InChI is InChI=1S/C23H23N8OP/c1-4-7-16-19-21(26-13-27-22(19)33)30(29-16)12-18-28-17(11-24)20(25-3)23(32)31(18)15-9-6-5-8-14(2)10-15/h5-6,8-9,11,13,24-25H,10,12,33H2,1-3H3. The summed E-state index contributed by atoms with van der Waals surface area (Å²) in [4.78, 5) is 26.8. The van der Waals surface area contributed by atoms with Crippen LogP contribution >= 0.6 is 9.24 Å². The Morgan fingerprint density at radius 3 is 2.82 bits per heavy atom. The molecule has 166 valence electrons. The molecule has 9 nitrogen and oxygen atoms in total. The Morgan fingerprint density at radius 2 is 2.09 bits per heavy atom. The van der Waals surface area contributed by atoms with Crippen molar-refractivity contribution in [2.45, 2.75) is 26.8 Å². The highest BCUT2D eigenvalue weighted by Gasteiger charge is 2.21. The van der Waals surface area contributed by atoms with Gasteiger partial charge in [0.25, 0.3) is 5.56 Å². The van der Waals surface area contributed by atoms with E-state index < -0.39 is 0 Å². The maximum absolute atomic E-state index is 13.5. The molecule has 0 bridgehead atoms. The third kappa shape index (κ3) is 4.13. The lowest BCUT2D eigenvalue weighted by atomic mass is 10.1. The third-order valence-corrected chi connectivity index (χ3v) is 5.63. The van der Waals surface area contributed by atoms with Crippen LogP contribution in [-0.4, -0.2) is 42.6 Å². The van der Waals surface area contributed by atoms with Crippen LogP contribution in [0.25, 0.3) is 16.7 Å². The van der Waals surface area contributed by atoms with Crippen LogP contribution in [0.2, 0.25) is 0 Å². The fourth-order valence-electron chi connectivity index (χ4n) is 3.75. The van der Waals surface area contributed by atoms with Crippen LogP contribution in [0.5, 0.6) is 0 Å². The SMILES string of the molecule is CC#Cc1nn(Cc2nc(C=N)c(NC)c(=O)n2C2=CC=CC=C(C)C2)c2ncnc(P)c12. The van der Waals surface area contributed by atoms with Gasteiger partial charge in [-0.2, -0.15) is 5.10 Å². The van der Waals surface area contributed by atoms with E-state index in [1.165, 1.54) is 6.33 Å². The van der Waals surface area contributed by atoms with E-state index >= 15 is 0 Å². The Morgan fingerprint density at radius 1 is 1.30 bits per heavy atom. The predicted octanol–water partition coefficient (Wildman–Crippen LogP) is 2.09. The molecule has 1 atom stereocenters. The molecule has 3 heterocycles. The Hall–Kier alpha value is -3.89. The summed E-state index contributed by atoms with van der Waals surface area (Å²) in [7, 11) is 4.23. The zero-order valence-electron chi connectivity index (χ0n) is 18.5. The summed E-state index contributed by atoms with van der Waals surface area (Å²) in [5.41, 5.74) is 3.98. The average Bonchev–Trinajstić information content (AvgIpc) is 2.99. The fraction of sp³-hybridized carbons (Fsp3) is 0.217. The van der Waals surface area contributed by atoms with E-state index in [2.05, 4.69) is 46.4 Å². The van der Waals surface area contributed by atoms with Gasteiger partial charge in [-0.3, -0.25) is 9.36 Å². The van der Waals surface area contributed by atoms with Crippen molar-refractivity contribution in [3.63, 3.8) is 0 Å². The molecule has 0 saturated heterocycles. The van der Waals surface area contributed by atoms with E-state index in [0.717, 1.165) is 22.9 Å². The predicted molar refractivity (Wildman–Crippen MR) is 134 cm³/mol. The molecule has 0 amide bonds. The Bertz CT molecular complexity index is 1480. The van der Waals surface area contributed by atoms with E-state index in [1.807, 2.05) is 31.2 Å². The summed E-state index contributed by atoms with van der Waals surface area (Å²) in [5, 5.41) is 16.1. The number of rotatable bonds is 5. The van der Waals surface area contributed by atoms with Gasteiger partial charge in [0.05, 0.1) is 10.8 Å². The summed E-state index contributed by atoms with van der Waals surface area (Å²) in [5.74, 6) is 6.32. The summed E-state index contributed by atoms with van der Waals surface area (Å²) in [6.07, 6.45) is 10.9. The molecule has 3 aromatic rings. The first-order valence-corrected chi connectivity index (χ1v) is 10.8. The van der Waals surface area contributed by atoms with Crippen molar-refractivity contribution in [3.05, 3.63) is 63.8 Å². The molecule has 0 spiro atoms. The van der Waals surface area contributed by atoms with Crippen LogP contribution in [0.15, 0.2) is 41.0 Å². The van der Waals surface area contributed by atoms with Gasteiger partial charge in [-0.05, 0) is 25.8 Å². The van der Waals surface area contributed by atoms with Gasteiger partial charge in [0.1, 0.15) is 35.8 Å². The van der Waals surface area contributed by atoms with Gasteiger partial charge in [-0.1, -0.05) is 39.0 Å². The quantitative estimate of drug-likeness (QED) is 0.344. The molecule has 1 unspecified atom stereocenters. The van der Waals surface area contributed by atoms with Crippen LogP contribution in [0.1, 0.15) is 37.5 Å². The number of aromatic nitrogens is 6. The Kier molecular flexibility index (Phi) is 6.29. The van der Waals surface area contributed by atoms with Crippen LogP contribution in [0, 0.1) is 17.3 Å². The molecule has 0 saturated carbocycles. The molecule has 0 aromatic carbocycles. The van der Waals surface area contributed by atoms with Crippen LogP contribution in [-0.2, 0) is 6.54 Å². The minimum Gasteiger partial charge on any atom is -0.382 e. The molecule has 1 aliphatic rings. The maximum atomic E-state index is 13.5. The molecule has 0 aliphatic heterocycles. The maximum Gasteiger partial charge on any atom is 0.281 e. The van der Waals surface area contributed by atoms with Crippen molar-refractivity contribution in [2.24, 2.45) is 0 Å². The fourth-order valence-corrected chi connectivity index (χ4v) is 4.08. The Labute approximate surface area is 193 Å². The molecule has 0 radical (unpaired) electrons. The second-order valence-electron chi connectivity index (χ2n) is 7.39. The van der Waals surface area contributed by atoms with Gasteiger partial charge < -0.3 is 10.7 Å². The van der Waals surface area contributed by atoms with E-state index in [1.54, 1.807) is 23.2 Å². The summed E-state index contributed by atoms with van der Waals surface area (Å²) < 4.78 is 3.26. The molecule has 4 rings (SSSR count). The lowest BCUT2D eigenvalue weighted by molar-refractivity contribution is 0.643. The summed E-state index contributed by atoms with van der Waals surface area (Å²) in [6, 6.07) is 0.